The van der Waals surface area contributed by atoms with Gasteiger partial charge in [0.1, 0.15) is 5.75 Å². The molecule has 0 heterocycles. The molecule has 0 fully saturated rings. The van der Waals surface area contributed by atoms with Gasteiger partial charge in [-0.2, -0.15) is 0 Å². The van der Waals surface area contributed by atoms with Crippen LogP contribution in [-0.2, 0) is 14.5 Å². The molecule has 0 aliphatic carbocycles. The normalized spacial score (nSPS) is 13.9. The van der Waals surface area contributed by atoms with Crippen molar-refractivity contribution in [3.8, 4) is 5.75 Å². The molecule has 24 heavy (non-hydrogen) atoms. The average molecular weight is 348 g/mol. The van der Waals surface area contributed by atoms with E-state index < -0.39 is 13.8 Å². The molecule has 0 saturated heterocycles. The summed E-state index contributed by atoms with van der Waals surface area (Å²) in [6.45, 7) is 8.04. The highest BCUT2D eigenvalue weighted by atomic mass is 31.2. The maximum absolute atomic E-state index is 12.0. The van der Waals surface area contributed by atoms with Gasteiger partial charge in [0.25, 0.3) is 0 Å². The SMILES string of the molecule is Cc1ccc(OP(=O)(O)OC(=O)c2ccc(C(C)(C)C)cc2)cc1. The number of hydrogen-bond donors (Lipinski definition) is 1. The minimum Gasteiger partial charge on any atom is -0.395 e. The van der Waals surface area contributed by atoms with Crippen LogP contribution >= 0.6 is 7.82 Å². The van der Waals surface area contributed by atoms with E-state index >= 15 is 0 Å². The zero-order valence-corrected chi connectivity index (χ0v) is 15.0. The fraction of sp³-hybridized carbons (Fsp3) is 0.278. The maximum atomic E-state index is 12.0. The smallest absolute Gasteiger partial charge is 0.395 e. The van der Waals surface area contributed by atoms with Gasteiger partial charge in [0, 0.05) is 0 Å². The zero-order chi connectivity index (χ0) is 18.0. The molecule has 0 amide bonds. The van der Waals surface area contributed by atoms with Gasteiger partial charge in [-0.1, -0.05) is 50.6 Å². The molecule has 0 spiro atoms. The van der Waals surface area contributed by atoms with Gasteiger partial charge in [-0.25, -0.2) is 9.36 Å². The van der Waals surface area contributed by atoms with Gasteiger partial charge in [-0.15, -0.1) is 0 Å². The van der Waals surface area contributed by atoms with E-state index in [4.69, 9.17) is 4.52 Å². The summed E-state index contributed by atoms with van der Waals surface area (Å²) >= 11 is 0. The fourth-order valence-electron chi connectivity index (χ4n) is 2.01. The lowest BCUT2D eigenvalue weighted by Gasteiger charge is -2.19. The first-order valence-electron chi connectivity index (χ1n) is 7.50. The molecule has 0 aliphatic rings. The Bertz CT molecular complexity index is 757. The highest BCUT2D eigenvalue weighted by Gasteiger charge is 2.29. The van der Waals surface area contributed by atoms with Gasteiger partial charge in [-0.05, 0) is 42.2 Å². The van der Waals surface area contributed by atoms with E-state index in [2.05, 4.69) is 25.3 Å². The Kier molecular flexibility index (Phi) is 5.16. The molecule has 2 aromatic carbocycles. The number of hydrogen-bond acceptors (Lipinski definition) is 4. The summed E-state index contributed by atoms with van der Waals surface area (Å²) in [4.78, 5) is 21.8. The van der Waals surface area contributed by atoms with E-state index in [-0.39, 0.29) is 16.7 Å². The molecular formula is C18H21O5P. The first-order valence-corrected chi connectivity index (χ1v) is 9.00. The van der Waals surface area contributed by atoms with Crippen molar-refractivity contribution in [3.63, 3.8) is 0 Å². The van der Waals surface area contributed by atoms with E-state index in [9.17, 15) is 14.3 Å². The van der Waals surface area contributed by atoms with E-state index in [1.54, 1.807) is 36.4 Å². The Balaban J connectivity index is 2.07. The standard InChI is InChI=1S/C18H21O5P/c1-13-5-11-16(12-6-13)22-24(20,21)23-17(19)14-7-9-15(10-8-14)18(2,3)4/h5-12H,1-4H3,(H,20,21). The molecule has 1 N–H and O–H groups in total. The molecule has 5 nitrogen and oxygen atoms in total. The van der Waals surface area contributed by atoms with Crippen molar-refractivity contribution in [2.24, 2.45) is 0 Å². The summed E-state index contributed by atoms with van der Waals surface area (Å²) in [5.41, 5.74) is 2.15. The van der Waals surface area contributed by atoms with Crippen molar-refractivity contribution in [3.05, 3.63) is 65.2 Å². The van der Waals surface area contributed by atoms with Crippen LogP contribution in [0.25, 0.3) is 0 Å². The summed E-state index contributed by atoms with van der Waals surface area (Å²) < 4.78 is 21.5. The van der Waals surface area contributed by atoms with Crippen molar-refractivity contribution in [2.75, 3.05) is 0 Å². The van der Waals surface area contributed by atoms with Crippen LogP contribution in [0.5, 0.6) is 5.75 Å². The van der Waals surface area contributed by atoms with Crippen LogP contribution in [0.2, 0.25) is 0 Å². The van der Waals surface area contributed by atoms with Gasteiger partial charge in [0.15, 0.2) is 0 Å². The molecule has 0 saturated carbocycles. The Morgan fingerprint density at radius 3 is 2.04 bits per heavy atom. The van der Waals surface area contributed by atoms with Crippen LogP contribution < -0.4 is 4.52 Å². The van der Waals surface area contributed by atoms with Crippen LogP contribution in [0.15, 0.2) is 48.5 Å². The largest absolute Gasteiger partial charge is 0.587 e. The molecule has 0 bridgehead atoms. The molecule has 2 rings (SSSR count). The molecule has 0 aromatic heterocycles. The second kappa shape index (κ2) is 6.80. The predicted octanol–water partition coefficient (Wildman–Crippen LogP) is 4.63. The van der Waals surface area contributed by atoms with E-state index in [1.165, 1.54) is 12.1 Å². The summed E-state index contributed by atoms with van der Waals surface area (Å²) in [5.74, 6) is -0.754. The Labute approximate surface area is 141 Å². The fourth-order valence-corrected chi connectivity index (χ4v) is 2.76. The van der Waals surface area contributed by atoms with Crippen molar-refractivity contribution in [2.45, 2.75) is 33.1 Å². The quantitative estimate of drug-likeness (QED) is 0.816. The second-order valence-corrected chi connectivity index (χ2v) is 7.88. The third kappa shape index (κ3) is 4.95. The third-order valence-corrected chi connectivity index (χ3v) is 4.26. The molecule has 128 valence electrons. The van der Waals surface area contributed by atoms with Crippen molar-refractivity contribution in [1.29, 1.82) is 0 Å². The van der Waals surface area contributed by atoms with Crippen LogP contribution in [0.1, 0.15) is 42.3 Å². The Morgan fingerprint density at radius 1 is 1.00 bits per heavy atom. The number of aryl methyl sites for hydroxylation is 1. The van der Waals surface area contributed by atoms with Crippen molar-refractivity contribution >= 4 is 13.8 Å². The third-order valence-electron chi connectivity index (χ3n) is 3.43. The van der Waals surface area contributed by atoms with Gasteiger partial charge in [-0.3, -0.25) is 4.89 Å². The first kappa shape index (κ1) is 18.2. The summed E-state index contributed by atoms with van der Waals surface area (Å²) in [5, 5.41) is 0. The molecule has 1 unspecified atom stereocenters. The topological polar surface area (TPSA) is 72.8 Å². The lowest BCUT2D eigenvalue weighted by molar-refractivity contribution is 0.0683. The number of phosphoric ester groups is 1. The summed E-state index contributed by atoms with van der Waals surface area (Å²) in [7, 11) is -4.55. The Morgan fingerprint density at radius 2 is 1.54 bits per heavy atom. The predicted molar refractivity (Wildman–Crippen MR) is 92.2 cm³/mol. The van der Waals surface area contributed by atoms with Gasteiger partial charge in [0.05, 0.1) is 5.56 Å². The van der Waals surface area contributed by atoms with E-state index in [0.717, 1.165) is 11.1 Å². The van der Waals surface area contributed by atoms with Gasteiger partial charge < -0.3 is 9.05 Å². The summed E-state index contributed by atoms with van der Waals surface area (Å²) in [6.07, 6.45) is 0. The lowest BCUT2D eigenvalue weighted by Crippen LogP contribution is -2.12. The number of benzene rings is 2. The average Bonchev–Trinajstić information content (AvgIpc) is 2.48. The van der Waals surface area contributed by atoms with Gasteiger partial charge >= 0.3 is 13.8 Å². The minimum atomic E-state index is -4.55. The second-order valence-electron chi connectivity index (χ2n) is 6.58. The van der Waals surface area contributed by atoms with Gasteiger partial charge in [0.2, 0.25) is 0 Å². The minimum absolute atomic E-state index is 0.0523. The van der Waals surface area contributed by atoms with Crippen LogP contribution in [0.4, 0.5) is 0 Å². The number of phosphoric acid groups is 1. The lowest BCUT2D eigenvalue weighted by atomic mass is 9.87. The monoisotopic (exact) mass is 348 g/mol. The molecule has 0 radical (unpaired) electrons. The van der Waals surface area contributed by atoms with Crippen molar-refractivity contribution in [1.82, 2.24) is 0 Å². The first-order chi connectivity index (χ1) is 11.1. The van der Waals surface area contributed by atoms with Crippen LogP contribution in [0, 0.1) is 6.92 Å². The Hall–Kier alpha value is -2.10. The van der Waals surface area contributed by atoms with Crippen molar-refractivity contribution < 1.29 is 23.3 Å². The number of rotatable bonds is 4. The molecule has 0 aliphatic heterocycles. The number of carbonyl (C=O) groups excluding carboxylic acids is 1. The number of carbonyl (C=O) groups is 1. The molecule has 1 atom stereocenters. The zero-order valence-electron chi connectivity index (χ0n) is 14.1. The van der Waals surface area contributed by atoms with E-state index in [1.807, 2.05) is 6.92 Å². The molecular weight excluding hydrogens is 327 g/mol. The molecule has 2 aromatic rings. The van der Waals surface area contributed by atoms with E-state index in [0.29, 0.717) is 0 Å². The maximum Gasteiger partial charge on any atom is 0.587 e. The highest BCUT2D eigenvalue weighted by Crippen LogP contribution is 2.44. The molecule has 6 heteroatoms. The van der Waals surface area contributed by atoms with Crippen LogP contribution in [-0.4, -0.2) is 10.9 Å². The highest BCUT2D eigenvalue weighted by molar-refractivity contribution is 7.48. The summed E-state index contributed by atoms with van der Waals surface area (Å²) in [6, 6.07) is 13.2. The van der Waals surface area contributed by atoms with Crippen LogP contribution in [0.3, 0.4) is 0 Å².